The Hall–Kier alpha value is -1.95. The molecule has 1 aliphatic rings. The van der Waals surface area contributed by atoms with E-state index in [4.69, 9.17) is 11.6 Å². The maximum Gasteiger partial charge on any atom is 0.127 e. The third-order valence-electron chi connectivity index (χ3n) is 4.40. The van der Waals surface area contributed by atoms with Crippen LogP contribution in [-0.2, 0) is 0 Å². The molecule has 2 aromatic rings. The summed E-state index contributed by atoms with van der Waals surface area (Å²) in [5.74, 6) is 6.25. The molecule has 0 radical (unpaired) electrons. The van der Waals surface area contributed by atoms with Gasteiger partial charge in [0.1, 0.15) is 5.60 Å². The lowest BCUT2D eigenvalue weighted by atomic mass is 9.82. The minimum atomic E-state index is -0.925. The zero-order chi connectivity index (χ0) is 17.0. The first-order chi connectivity index (χ1) is 11.5. The van der Waals surface area contributed by atoms with E-state index in [1.165, 1.54) is 5.56 Å². The molecule has 3 rings (SSSR count). The minimum absolute atomic E-state index is 0.219. The molecule has 0 unspecified atom stereocenters. The Morgan fingerprint density at radius 2 is 2.00 bits per heavy atom. The van der Waals surface area contributed by atoms with E-state index in [1.54, 1.807) is 0 Å². The number of aryl methyl sites for hydroxylation is 1. The number of benzene rings is 2. The second-order valence-electron chi connectivity index (χ2n) is 6.60. The molecule has 2 N–H and O–H groups in total. The van der Waals surface area contributed by atoms with Gasteiger partial charge in [-0.2, -0.15) is 0 Å². The second kappa shape index (κ2) is 7.30. The van der Waals surface area contributed by atoms with Gasteiger partial charge in [0.15, 0.2) is 0 Å². The molecule has 0 aromatic heterocycles. The number of aliphatic hydroxyl groups is 1. The Kier molecular flexibility index (Phi) is 5.14. The van der Waals surface area contributed by atoms with Crippen LogP contribution in [0.2, 0.25) is 5.02 Å². The topological polar surface area (TPSA) is 32.3 Å². The summed E-state index contributed by atoms with van der Waals surface area (Å²) in [5.41, 5.74) is 2.24. The van der Waals surface area contributed by atoms with Crippen molar-refractivity contribution in [3.8, 4) is 11.8 Å². The quantitative estimate of drug-likeness (QED) is 0.771. The summed E-state index contributed by atoms with van der Waals surface area (Å²) in [6.45, 7) is 2.05. The van der Waals surface area contributed by atoms with Crippen LogP contribution in [0.15, 0.2) is 48.5 Å². The van der Waals surface area contributed by atoms with Crippen molar-refractivity contribution in [3.05, 3.63) is 64.7 Å². The molecule has 0 saturated heterocycles. The van der Waals surface area contributed by atoms with Crippen molar-refractivity contribution in [3.63, 3.8) is 0 Å². The largest absolute Gasteiger partial charge is 0.382 e. The van der Waals surface area contributed by atoms with Crippen molar-refractivity contribution < 1.29 is 5.11 Å². The first kappa shape index (κ1) is 16.9. The Balaban J connectivity index is 1.69. The van der Waals surface area contributed by atoms with Crippen molar-refractivity contribution >= 4 is 17.3 Å². The van der Waals surface area contributed by atoms with Gasteiger partial charge < -0.3 is 10.4 Å². The molecular formula is C21H22ClNO. The molecule has 0 aliphatic heterocycles. The van der Waals surface area contributed by atoms with E-state index >= 15 is 0 Å². The third-order valence-corrected chi connectivity index (χ3v) is 4.65. The maximum atomic E-state index is 10.9. The molecule has 1 fully saturated rings. The van der Waals surface area contributed by atoms with E-state index in [0.29, 0.717) is 6.42 Å². The van der Waals surface area contributed by atoms with Crippen LogP contribution in [-0.4, -0.2) is 16.7 Å². The van der Waals surface area contributed by atoms with Gasteiger partial charge in [-0.1, -0.05) is 35.6 Å². The molecule has 124 valence electrons. The van der Waals surface area contributed by atoms with Gasteiger partial charge in [-0.3, -0.25) is 0 Å². The van der Waals surface area contributed by atoms with Gasteiger partial charge in [-0.05, 0) is 68.1 Å². The lowest BCUT2D eigenvalue weighted by Crippen LogP contribution is -2.39. The minimum Gasteiger partial charge on any atom is -0.382 e. The van der Waals surface area contributed by atoms with Gasteiger partial charge in [0.05, 0.1) is 0 Å². The highest BCUT2D eigenvalue weighted by Gasteiger charge is 2.32. The summed E-state index contributed by atoms with van der Waals surface area (Å²) in [6, 6.07) is 16.0. The Morgan fingerprint density at radius 3 is 2.75 bits per heavy atom. The summed E-state index contributed by atoms with van der Waals surface area (Å²) < 4.78 is 0. The summed E-state index contributed by atoms with van der Waals surface area (Å²) in [6.07, 6.45) is 3.36. The number of anilines is 1. The van der Waals surface area contributed by atoms with Gasteiger partial charge in [0.25, 0.3) is 0 Å². The Morgan fingerprint density at radius 1 is 1.21 bits per heavy atom. The molecule has 0 amide bonds. The van der Waals surface area contributed by atoms with E-state index in [0.717, 1.165) is 35.5 Å². The molecular weight excluding hydrogens is 318 g/mol. The highest BCUT2D eigenvalue weighted by atomic mass is 35.5. The molecule has 1 saturated carbocycles. The van der Waals surface area contributed by atoms with Gasteiger partial charge in [0, 0.05) is 28.7 Å². The van der Waals surface area contributed by atoms with Crippen molar-refractivity contribution in [1.29, 1.82) is 0 Å². The number of halogens is 1. The van der Waals surface area contributed by atoms with E-state index in [1.807, 2.05) is 55.5 Å². The fourth-order valence-electron chi connectivity index (χ4n) is 3.18. The standard InChI is InChI=1S/C21H22ClNO/c1-16-4-2-5-17(14-16)11-13-21(24)12-3-6-20(15-21)23-19-9-7-18(22)8-10-19/h2,4-5,7-10,14,20,23-24H,3,6,12,15H2,1H3/t20-,21+/m1/s1. The number of nitrogens with one attached hydrogen (secondary N) is 1. The summed E-state index contributed by atoms with van der Waals surface area (Å²) in [4.78, 5) is 0. The van der Waals surface area contributed by atoms with E-state index in [2.05, 4.69) is 17.2 Å². The van der Waals surface area contributed by atoms with Gasteiger partial charge in [-0.25, -0.2) is 0 Å². The number of hydrogen-bond acceptors (Lipinski definition) is 2. The molecule has 24 heavy (non-hydrogen) atoms. The van der Waals surface area contributed by atoms with E-state index in [-0.39, 0.29) is 6.04 Å². The predicted octanol–water partition coefficient (Wildman–Crippen LogP) is 4.79. The zero-order valence-corrected chi connectivity index (χ0v) is 14.6. The van der Waals surface area contributed by atoms with Crippen molar-refractivity contribution in [2.24, 2.45) is 0 Å². The molecule has 0 bridgehead atoms. The fourth-order valence-corrected chi connectivity index (χ4v) is 3.31. The number of rotatable bonds is 2. The summed E-state index contributed by atoms with van der Waals surface area (Å²) in [5, 5.41) is 15.1. The molecule has 2 atom stereocenters. The molecule has 2 aromatic carbocycles. The monoisotopic (exact) mass is 339 g/mol. The van der Waals surface area contributed by atoms with Crippen LogP contribution < -0.4 is 5.32 Å². The average Bonchev–Trinajstić information content (AvgIpc) is 2.56. The van der Waals surface area contributed by atoms with Crippen LogP contribution in [0.5, 0.6) is 0 Å². The molecule has 0 spiro atoms. The molecule has 3 heteroatoms. The van der Waals surface area contributed by atoms with Crippen LogP contribution in [0.25, 0.3) is 0 Å². The predicted molar refractivity (Wildman–Crippen MR) is 100 cm³/mol. The Bertz CT molecular complexity index is 759. The fraction of sp³-hybridized carbons (Fsp3) is 0.333. The lowest BCUT2D eigenvalue weighted by Gasteiger charge is -2.34. The van der Waals surface area contributed by atoms with Crippen molar-refractivity contribution in [1.82, 2.24) is 0 Å². The Labute approximate surface area is 148 Å². The maximum absolute atomic E-state index is 10.9. The summed E-state index contributed by atoms with van der Waals surface area (Å²) in [7, 11) is 0. The van der Waals surface area contributed by atoms with Crippen LogP contribution in [0, 0.1) is 18.8 Å². The second-order valence-corrected chi connectivity index (χ2v) is 7.03. The van der Waals surface area contributed by atoms with E-state index in [9.17, 15) is 5.11 Å². The number of hydrogen-bond donors (Lipinski definition) is 2. The first-order valence-electron chi connectivity index (χ1n) is 8.37. The normalized spacial score (nSPS) is 23.2. The molecule has 2 nitrogen and oxygen atoms in total. The van der Waals surface area contributed by atoms with Crippen LogP contribution in [0.3, 0.4) is 0 Å². The van der Waals surface area contributed by atoms with Crippen molar-refractivity contribution in [2.75, 3.05) is 5.32 Å². The zero-order valence-electron chi connectivity index (χ0n) is 13.8. The van der Waals surface area contributed by atoms with Crippen LogP contribution in [0.1, 0.15) is 36.8 Å². The third kappa shape index (κ3) is 4.54. The molecule has 1 aliphatic carbocycles. The van der Waals surface area contributed by atoms with Gasteiger partial charge >= 0.3 is 0 Å². The highest BCUT2D eigenvalue weighted by Crippen LogP contribution is 2.30. The van der Waals surface area contributed by atoms with Crippen molar-refractivity contribution in [2.45, 2.75) is 44.2 Å². The van der Waals surface area contributed by atoms with Gasteiger partial charge in [0.2, 0.25) is 0 Å². The smallest absolute Gasteiger partial charge is 0.127 e. The van der Waals surface area contributed by atoms with E-state index < -0.39 is 5.60 Å². The first-order valence-corrected chi connectivity index (χ1v) is 8.75. The average molecular weight is 340 g/mol. The molecule has 0 heterocycles. The lowest BCUT2D eigenvalue weighted by molar-refractivity contribution is 0.0561. The van der Waals surface area contributed by atoms with Gasteiger partial charge in [-0.15, -0.1) is 0 Å². The highest BCUT2D eigenvalue weighted by molar-refractivity contribution is 6.30. The van der Waals surface area contributed by atoms with Crippen LogP contribution in [0.4, 0.5) is 5.69 Å². The van der Waals surface area contributed by atoms with Crippen LogP contribution >= 0.6 is 11.6 Å². The summed E-state index contributed by atoms with van der Waals surface area (Å²) >= 11 is 5.92. The SMILES string of the molecule is Cc1cccc(C#C[C@@]2(O)CCC[C@@H](Nc3ccc(Cl)cc3)C2)c1.